The van der Waals surface area contributed by atoms with Gasteiger partial charge in [0.25, 0.3) is 0 Å². The van der Waals surface area contributed by atoms with Crippen LogP contribution in [0.1, 0.15) is 5.56 Å². The van der Waals surface area contributed by atoms with Crippen molar-refractivity contribution in [1.82, 2.24) is 0 Å². The molecular weight excluding hydrogens is 314 g/mol. The summed E-state index contributed by atoms with van der Waals surface area (Å²) in [5.74, 6) is 0. The molecule has 0 radical (unpaired) electrons. The van der Waals surface area contributed by atoms with E-state index in [2.05, 4.69) is 60.7 Å². The highest BCUT2D eigenvalue weighted by Crippen LogP contribution is 2.31. The van der Waals surface area contributed by atoms with Gasteiger partial charge in [-0.15, -0.1) is 0 Å². The van der Waals surface area contributed by atoms with Gasteiger partial charge in [0.05, 0.1) is 11.6 Å². The van der Waals surface area contributed by atoms with Gasteiger partial charge in [-0.3, -0.25) is 0 Å². The summed E-state index contributed by atoms with van der Waals surface area (Å²) in [4.78, 5) is 0. The maximum atomic E-state index is 9.52. The van der Waals surface area contributed by atoms with Gasteiger partial charge in [-0.25, -0.2) is 0 Å². The first kappa shape index (κ1) is 15.9. The quantitative estimate of drug-likeness (QED) is 0.417. The molecule has 0 atom stereocenters. The Hall–Kier alpha value is -3.63. The SMILES string of the molecule is N#Cc1ccc(-c2ccccc2)cc1-c1ccc(-c2ccccc2)cc1. The molecule has 0 aliphatic carbocycles. The summed E-state index contributed by atoms with van der Waals surface area (Å²) in [5.41, 5.74) is 7.35. The zero-order valence-corrected chi connectivity index (χ0v) is 14.3. The van der Waals surface area contributed by atoms with Crippen LogP contribution in [0.4, 0.5) is 0 Å². The Kier molecular flexibility index (Phi) is 4.33. The summed E-state index contributed by atoms with van der Waals surface area (Å²) >= 11 is 0. The molecule has 4 rings (SSSR count). The largest absolute Gasteiger partial charge is 0.192 e. The molecule has 0 unspecified atom stereocenters. The second-order valence-corrected chi connectivity index (χ2v) is 6.18. The highest BCUT2D eigenvalue weighted by atomic mass is 14.2. The summed E-state index contributed by atoms with van der Waals surface area (Å²) in [5, 5.41) is 9.52. The van der Waals surface area contributed by atoms with Gasteiger partial charge >= 0.3 is 0 Å². The van der Waals surface area contributed by atoms with Gasteiger partial charge in [-0.2, -0.15) is 5.26 Å². The van der Waals surface area contributed by atoms with Gasteiger partial charge in [0.15, 0.2) is 0 Å². The standard InChI is InChI=1S/C25H17N/c26-18-24-16-15-23(20-9-5-2-6-10-20)17-25(24)22-13-11-21(12-14-22)19-7-3-1-4-8-19/h1-17H. The lowest BCUT2D eigenvalue weighted by atomic mass is 9.94. The van der Waals surface area contributed by atoms with Crippen molar-refractivity contribution in [2.45, 2.75) is 0 Å². The van der Waals surface area contributed by atoms with Gasteiger partial charge in [0.2, 0.25) is 0 Å². The van der Waals surface area contributed by atoms with Crippen molar-refractivity contribution < 1.29 is 0 Å². The number of hydrogen-bond acceptors (Lipinski definition) is 1. The monoisotopic (exact) mass is 331 g/mol. The van der Waals surface area contributed by atoms with E-state index in [0.717, 1.165) is 22.3 Å². The molecule has 0 amide bonds. The van der Waals surface area contributed by atoms with E-state index in [1.165, 1.54) is 11.1 Å². The van der Waals surface area contributed by atoms with E-state index in [4.69, 9.17) is 0 Å². The molecule has 0 aromatic heterocycles. The summed E-state index contributed by atoms with van der Waals surface area (Å²) in [6.45, 7) is 0. The zero-order chi connectivity index (χ0) is 17.8. The summed E-state index contributed by atoms with van der Waals surface area (Å²) in [6, 6.07) is 37.3. The molecule has 0 N–H and O–H groups in total. The van der Waals surface area contributed by atoms with E-state index in [0.29, 0.717) is 5.56 Å². The molecule has 4 aromatic rings. The normalized spacial score (nSPS) is 10.3. The Morgan fingerprint density at radius 2 is 0.923 bits per heavy atom. The highest BCUT2D eigenvalue weighted by Gasteiger charge is 2.08. The van der Waals surface area contributed by atoms with Crippen LogP contribution in [0.25, 0.3) is 33.4 Å². The lowest BCUT2D eigenvalue weighted by Crippen LogP contribution is -1.87. The first-order valence-corrected chi connectivity index (χ1v) is 8.60. The van der Waals surface area contributed by atoms with E-state index < -0.39 is 0 Å². The van der Waals surface area contributed by atoms with Crippen molar-refractivity contribution in [3.05, 3.63) is 109 Å². The molecule has 0 spiro atoms. The second kappa shape index (κ2) is 7.09. The van der Waals surface area contributed by atoms with Crippen molar-refractivity contribution >= 4 is 0 Å². The molecule has 0 heterocycles. The van der Waals surface area contributed by atoms with E-state index in [1.807, 2.05) is 48.5 Å². The van der Waals surface area contributed by atoms with Crippen LogP contribution in [0.15, 0.2) is 103 Å². The van der Waals surface area contributed by atoms with Crippen molar-refractivity contribution in [3.63, 3.8) is 0 Å². The lowest BCUT2D eigenvalue weighted by molar-refractivity contribution is 1.47. The molecule has 0 saturated carbocycles. The third kappa shape index (κ3) is 3.14. The summed E-state index contributed by atoms with van der Waals surface area (Å²) in [6.07, 6.45) is 0. The molecule has 0 saturated heterocycles. The number of benzene rings is 4. The number of rotatable bonds is 3. The maximum absolute atomic E-state index is 9.52. The van der Waals surface area contributed by atoms with E-state index >= 15 is 0 Å². The molecule has 1 heteroatoms. The minimum absolute atomic E-state index is 0.692. The zero-order valence-electron chi connectivity index (χ0n) is 14.3. The molecule has 1 nitrogen and oxygen atoms in total. The third-order valence-electron chi connectivity index (χ3n) is 4.55. The fraction of sp³-hybridized carbons (Fsp3) is 0. The van der Waals surface area contributed by atoms with Crippen LogP contribution in [0.2, 0.25) is 0 Å². The van der Waals surface area contributed by atoms with Gasteiger partial charge < -0.3 is 0 Å². The first-order valence-electron chi connectivity index (χ1n) is 8.60. The van der Waals surface area contributed by atoms with Gasteiger partial charge in [0, 0.05) is 5.56 Å². The predicted molar refractivity (Wildman–Crippen MR) is 107 cm³/mol. The van der Waals surface area contributed by atoms with Crippen LogP contribution >= 0.6 is 0 Å². The van der Waals surface area contributed by atoms with Crippen LogP contribution in [0.5, 0.6) is 0 Å². The molecule has 0 aliphatic heterocycles. The van der Waals surface area contributed by atoms with Crippen LogP contribution < -0.4 is 0 Å². The van der Waals surface area contributed by atoms with Crippen molar-refractivity contribution in [2.24, 2.45) is 0 Å². The van der Waals surface area contributed by atoms with Crippen LogP contribution in [0, 0.1) is 11.3 Å². The Morgan fingerprint density at radius 3 is 1.50 bits per heavy atom. The van der Waals surface area contributed by atoms with Crippen LogP contribution in [-0.2, 0) is 0 Å². The molecule has 26 heavy (non-hydrogen) atoms. The summed E-state index contributed by atoms with van der Waals surface area (Å²) in [7, 11) is 0. The minimum Gasteiger partial charge on any atom is -0.192 e. The average Bonchev–Trinajstić information content (AvgIpc) is 2.75. The fourth-order valence-electron chi connectivity index (χ4n) is 3.16. The molecule has 4 aromatic carbocycles. The molecule has 122 valence electrons. The van der Waals surface area contributed by atoms with E-state index in [9.17, 15) is 5.26 Å². The lowest BCUT2D eigenvalue weighted by Gasteiger charge is -2.09. The van der Waals surface area contributed by atoms with Gasteiger partial charge in [-0.05, 0) is 39.9 Å². The Labute approximate surface area is 153 Å². The summed E-state index contributed by atoms with van der Waals surface area (Å²) < 4.78 is 0. The molecule has 0 bridgehead atoms. The van der Waals surface area contributed by atoms with E-state index in [-0.39, 0.29) is 0 Å². The van der Waals surface area contributed by atoms with Crippen LogP contribution in [-0.4, -0.2) is 0 Å². The van der Waals surface area contributed by atoms with Crippen molar-refractivity contribution in [3.8, 4) is 39.4 Å². The molecular formula is C25H17N. The Bertz CT molecular complexity index is 1060. The van der Waals surface area contributed by atoms with Gasteiger partial charge in [0.1, 0.15) is 0 Å². The first-order chi connectivity index (χ1) is 12.8. The highest BCUT2D eigenvalue weighted by molar-refractivity contribution is 5.79. The minimum atomic E-state index is 0.692. The van der Waals surface area contributed by atoms with Gasteiger partial charge in [-0.1, -0.05) is 91.0 Å². The average molecular weight is 331 g/mol. The number of hydrogen-bond donors (Lipinski definition) is 0. The number of nitrogens with zero attached hydrogens (tertiary/aromatic N) is 1. The topological polar surface area (TPSA) is 23.8 Å². The predicted octanol–water partition coefficient (Wildman–Crippen LogP) is 6.56. The smallest absolute Gasteiger partial charge is 0.0998 e. The molecule has 0 fully saturated rings. The fourth-order valence-corrected chi connectivity index (χ4v) is 3.16. The third-order valence-corrected chi connectivity index (χ3v) is 4.55. The van der Waals surface area contributed by atoms with E-state index in [1.54, 1.807) is 0 Å². The number of nitriles is 1. The van der Waals surface area contributed by atoms with Crippen molar-refractivity contribution in [1.29, 1.82) is 5.26 Å². The Morgan fingerprint density at radius 1 is 0.462 bits per heavy atom. The Balaban J connectivity index is 1.76. The maximum Gasteiger partial charge on any atom is 0.0998 e. The second-order valence-electron chi connectivity index (χ2n) is 6.18. The van der Waals surface area contributed by atoms with Crippen LogP contribution in [0.3, 0.4) is 0 Å². The molecule has 0 aliphatic rings. The van der Waals surface area contributed by atoms with Crippen molar-refractivity contribution in [2.75, 3.05) is 0 Å².